The molecule has 0 atom stereocenters. The van der Waals surface area contributed by atoms with E-state index in [1.54, 1.807) is 18.2 Å². The van der Waals surface area contributed by atoms with Crippen molar-refractivity contribution in [1.82, 2.24) is 0 Å². The van der Waals surface area contributed by atoms with Crippen molar-refractivity contribution in [2.45, 2.75) is 6.54 Å². The first-order chi connectivity index (χ1) is 8.19. The molecule has 0 aliphatic carbocycles. The van der Waals surface area contributed by atoms with E-state index in [1.165, 1.54) is 12.1 Å². The second-order valence-corrected chi connectivity index (χ2v) is 3.77. The largest absolute Gasteiger partial charge is 0.449 e. The van der Waals surface area contributed by atoms with Crippen molar-refractivity contribution in [3.05, 3.63) is 52.7 Å². The van der Waals surface area contributed by atoms with Crippen molar-refractivity contribution >= 4 is 17.3 Å². The first-order valence-electron chi connectivity index (χ1n) is 4.87. The molecular formula is C12H8ClFN2O. The predicted octanol–water partition coefficient (Wildman–Crippen LogP) is 3.56. The molecular weight excluding hydrogens is 243 g/mol. The van der Waals surface area contributed by atoms with Gasteiger partial charge in [0.1, 0.15) is 17.6 Å². The second kappa shape index (κ2) is 4.89. The molecule has 86 valence electrons. The SMILES string of the molecule is N#Cc1ccc(CNc2ccc(F)c(Cl)c2)o1. The summed E-state index contributed by atoms with van der Waals surface area (Å²) in [7, 11) is 0. The zero-order valence-corrected chi connectivity index (χ0v) is 9.46. The first kappa shape index (κ1) is 11.5. The Bertz CT molecular complexity index is 574. The van der Waals surface area contributed by atoms with Gasteiger partial charge in [-0.25, -0.2) is 4.39 Å². The van der Waals surface area contributed by atoms with Crippen molar-refractivity contribution in [1.29, 1.82) is 5.26 Å². The summed E-state index contributed by atoms with van der Waals surface area (Å²) in [6, 6.07) is 9.55. The Morgan fingerprint density at radius 3 is 2.82 bits per heavy atom. The normalized spacial score (nSPS) is 9.94. The number of halogens is 2. The van der Waals surface area contributed by atoms with E-state index in [2.05, 4.69) is 5.32 Å². The van der Waals surface area contributed by atoms with E-state index in [1.807, 2.05) is 6.07 Å². The van der Waals surface area contributed by atoms with Crippen LogP contribution in [0.15, 0.2) is 34.7 Å². The number of furan rings is 1. The maximum Gasteiger partial charge on any atom is 0.203 e. The van der Waals surface area contributed by atoms with Crippen LogP contribution >= 0.6 is 11.6 Å². The Hall–Kier alpha value is -1.99. The second-order valence-electron chi connectivity index (χ2n) is 3.36. The van der Waals surface area contributed by atoms with Crippen LogP contribution in [0.4, 0.5) is 10.1 Å². The van der Waals surface area contributed by atoms with Crippen LogP contribution in [-0.2, 0) is 6.54 Å². The molecule has 3 nitrogen and oxygen atoms in total. The topological polar surface area (TPSA) is 49.0 Å². The predicted molar refractivity (Wildman–Crippen MR) is 62.2 cm³/mol. The highest BCUT2D eigenvalue weighted by atomic mass is 35.5. The minimum absolute atomic E-state index is 0.0622. The van der Waals surface area contributed by atoms with Crippen LogP contribution in [0.3, 0.4) is 0 Å². The molecule has 17 heavy (non-hydrogen) atoms. The van der Waals surface area contributed by atoms with Gasteiger partial charge in [-0.3, -0.25) is 0 Å². The lowest BCUT2D eigenvalue weighted by Crippen LogP contribution is -1.98. The van der Waals surface area contributed by atoms with Gasteiger partial charge in [0.2, 0.25) is 5.76 Å². The van der Waals surface area contributed by atoms with Gasteiger partial charge in [-0.15, -0.1) is 0 Å². The van der Waals surface area contributed by atoms with Gasteiger partial charge in [0.25, 0.3) is 0 Å². The van der Waals surface area contributed by atoms with E-state index in [-0.39, 0.29) is 10.8 Å². The number of nitrogens with one attached hydrogen (secondary N) is 1. The lowest BCUT2D eigenvalue weighted by molar-refractivity contribution is 0.506. The minimum Gasteiger partial charge on any atom is -0.449 e. The van der Waals surface area contributed by atoms with Crippen LogP contribution in [0.2, 0.25) is 5.02 Å². The van der Waals surface area contributed by atoms with Gasteiger partial charge in [-0.1, -0.05) is 11.6 Å². The van der Waals surface area contributed by atoms with Crippen LogP contribution in [0.25, 0.3) is 0 Å². The minimum atomic E-state index is -0.456. The van der Waals surface area contributed by atoms with Crippen molar-refractivity contribution < 1.29 is 8.81 Å². The molecule has 0 unspecified atom stereocenters. The molecule has 0 aliphatic rings. The van der Waals surface area contributed by atoms with E-state index in [0.29, 0.717) is 18.0 Å². The van der Waals surface area contributed by atoms with Gasteiger partial charge in [-0.05, 0) is 30.3 Å². The van der Waals surface area contributed by atoms with E-state index in [0.717, 1.165) is 0 Å². The molecule has 2 aromatic rings. The lowest BCUT2D eigenvalue weighted by atomic mass is 10.3. The quantitative estimate of drug-likeness (QED) is 0.906. The van der Waals surface area contributed by atoms with Crippen molar-refractivity contribution in [3.8, 4) is 6.07 Å². The molecule has 1 aromatic carbocycles. The van der Waals surface area contributed by atoms with Crippen LogP contribution in [-0.4, -0.2) is 0 Å². The molecule has 0 saturated carbocycles. The van der Waals surface area contributed by atoms with Gasteiger partial charge in [0.05, 0.1) is 11.6 Å². The molecule has 1 heterocycles. The zero-order valence-electron chi connectivity index (χ0n) is 8.71. The fourth-order valence-corrected chi connectivity index (χ4v) is 1.51. The van der Waals surface area contributed by atoms with Crippen LogP contribution in [0.5, 0.6) is 0 Å². The number of hydrogen-bond acceptors (Lipinski definition) is 3. The van der Waals surface area contributed by atoms with Gasteiger partial charge in [0, 0.05) is 5.69 Å². The molecule has 1 N–H and O–H groups in total. The summed E-state index contributed by atoms with van der Waals surface area (Å²) in [6.45, 7) is 0.406. The van der Waals surface area contributed by atoms with Gasteiger partial charge in [-0.2, -0.15) is 5.26 Å². The lowest BCUT2D eigenvalue weighted by Gasteiger charge is -2.04. The fraction of sp³-hybridized carbons (Fsp3) is 0.0833. The Kier molecular flexibility index (Phi) is 3.31. The summed E-state index contributed by atoms with van der Waals surface area (Å²) in [6.07, 6.45) is 0. The van der Waals surface area contributed by atoms with E-state index >= 15 is 0 Å². The number of benzene rings is 1. The molecule has 5 heteroatoms. The molecule has 0 amide bonds. The summed E-state index contributed by atoms with van der Waals surface area (Å²) in [5, 5.41) is 11.7. The number of nitrogens with zero attached hydrogens (tertiary/aromatic N) is 1. The van der Waals surface area contributed by atoms with Gasteiger partial charge >= 0.3 is 0 Å². The third-order valence-electron chi connectivity index (χ3n) is 2.16. The third kappa shape index (κ3) is 2.77. The van der Waals surface area contributed by atoms with Gasteiger partial charge in [0.15, 0.2) is 0 Å². The number of hydrogen-bond donors (Lipinski definition) is 1. The fourth-order valence-electron chi connectivity index (χ4n) is 1.33. The van der Waals surface area contributed by atoms with Crippen molar-refractivity contribution in [2.75, 3.05) is 5.32 Å². The highest BCUT2D eigenvalue weighted by molar-refractivity contribution is 6.31. The maximum absolute atomic E-state index is 12.9. The molecule has 2 rings (SSSR count). The first-order valence-corrected chi connectivity index (χ1v) is 5.24. The van der Waals surface area contributed by atoms with E-state index < -0.39 is 5.82 Å². The summed E-state index contributed by atoms with van der Waals surface area (Å²) in [5.74, 6) is 0.433. The van der Waals surface area contributed by atoms with Gasteiger partial charge < -0.3 is 9.73 Å². The maximum atomic E-state index is 12.9. The third-order valence-corrected chi connectivity index (χ3v) is 2.45. The van der Waals surface area contributed by atoms with E-state index in [9.17, 15) is 4.39 Å². The molecule has 1 aromatic heterocycles. The van der Waals surface area contributed by atoms with Crippen LogP contribution in [0.1, 0.15) is 11.5 Å². The number of rotatable bonds is 3. The summed E-state index contributed by atoms with van der Waals surface area (Å²) < 4.78 is 18.1. The molecule has 0 fully saturated rings. The molecule has 0 saturated heterocycles. The van der Waals surface area contributed by atoms with Crippen LogP contribution in [0, 0.1) is 17.1 Å². The average Bonchev–Trinajstić information content (AvgIpc) is 2.79. The smallest absolute Gasteiger partial charge is 0.203 e. The Morgan fingerprint density at radius 2 is 2.18 bits per heavy atom. The molecule has 0 aliphatic heterocycles. The monoisotopic (exact) mass is 250 g/mol. The standard InChI is InChI=1S/C12H8ClFN2O/c13-11-5-8(1-4-12(11)14)16-7-10-3-2-9(6-15)17-10/h1-5,16H,7H2. The summed E-state index contributed by atoms with van der Waals surface area (Å²) in [5.41, 5.74) is 0.686. The van der Waals surface area contributed by atoms with Crippen molar-refractivity contribution in [2.24, 2.45) is 0 Å². The van der Waals surface area contributed by atoms with Crippen LogP contribution < -0.4 is 5.32 Å². The highest BCUT2D eigenvalue weighted by Gasteiger charge is 2.03. The Balaban J connectivity index is 2.02. The molecule has 0 spiro atoms. The summed E-state index contributed by atoms with van der Waals surface area (Å²) in [4.78, 5) is 0. The van der Waals surface area contributed by atoms with E-state index in [4.69, 9.17) is 21.3 Å². The Morgan fingerprint density at radius 1 is 1.35 bits per heavy atom. The average molecular weight is 251 g/mol. The number of nitriles is 1. The molecule has 0 radical (unpaired) electrons. The zero-order chi connectivity index (χ0) is 12.3. The van der Waals surface area contributed by atoms with Crippen molar-refractivity contribution in [3.63, 3.8) is 0 Å². The summed E-state index contributed by atoms with van der Waals surface area (Å²) >= 11 is 5.64. The highest BCUT2D eigenvalue weighted by Crippen LogP contribution is 2.20. The molecule has 0 bridgehead atoms. The Labute approximate surface area is 102 Å². The number of anilines is 1.